The number of benzene rings is 2. The number of fused-ring (bicyclic) bond motifs is 1. The van der Waals surface area contributed by atoms with E-state index < -0.39 is 11.8 Å². The zero-order valence-electron chi connectivity index (χ0n) is 18.2. The molecule has 32 heavy (non-hydrogen) atoms. The number of methoxy groups -OCH3 is 3. The molecule has 1 aliphatic rings. The van der Waals surface area contributed by atoms with Gasteiger partial charge in [-0.15, -0.1) is 0 Å². The second-order valence-corrected chi connectivity index (χ2v) is 7.34. The summed E-state index contributed by atoms with van der Waals surface area (Å²) in [5, 5.41) is 3.32. The van der Waals surface area contributed by atoms with Crippen molar-refractivity contribution in [1.82, 2.24) is 9.88 Å². The van der Waals surface area contributed by atoms with Crippen molar-refractivity contribution in [2.75, 3.05) is 27.9 Å². The van der Waals surface area contributed by atoms with Crippen LogP contribution >= 0.6 is 0 Å². The molecule has 2 amide bonds. The molecule has 0 aliphatic carbocycles. The number of nitrogens with two attached hydrogens (primary N) is 1. The number of aryl methyl sites for hydroxylation is 1. The van der Waals surface area contributed by atoms with Gasteiger partial charge in [-0.1, -0.05) is 18.2 Å². The molecular formula is C24H25N3O5. The third-order valence-corrected chi connectivity index (χ3v) is 5.55. The van der Waals surface area contributed by atoms with Gasteiger partial charge in [0.25, 0.3) is 11.8 Å². The Kier molecular flexibility index (Phi) is 5.87. The van der Waals surface area contributed by atoms with Crippen LogP contribution in [0, 0.1) is 0 Å². The van der Waals surface area contributed by atoms with Crippen LogP contribution in [0.3, 0.4) is 0 Å². The highest BCUT2D eigenvalue weighted by Crippen LogP contribution is 2.43. The highest BCUT2D eigenvalue weighted by Gasteiger charge is 2.35. The van der Waals surface area contributed by atoms with Gasteiger partial charge in [0.15, 0.2) is 11.5 Å². The van der Waals surface area contributed by atoms with Crippen molar-refractivity contribution in [3.63, 3.8) is 0 Å². The predicted octanol–water partition coefficient (Wildman–Crippen LogP) is 2.58. The Balaban J connectivity index is 1.98. The van der Waals surface area contributed by atoms with Crippen LogP contribution in [0.4, 0.5) is 0 Å². The van der Waals surface area contributed by atoms with Crippen LogP contribution in [0.25, 0.3) is 22.0 Å². The van der Waals surface area contributed by atoms with E-state index in [2.05, 4.69) is 9.88 Å². The van der Waals surface area contributed by atoms with E-state index in [9.17, 15) is 9.59 Å². The third-order valence-electron chi connectivity index (χ3n) is 5.55. The molecule has 8 heteroatoms. The lowest BCUT2D eigenvalue weighted by Crippen LogP contribution is -2.22. The topological polar surface area (TPSA) is 105 Å². The molecule has 0 saturated heterocycles. The summed E-state index contributed by atoms with van der Waals surface area (Å²) in [7, 11) is 4.51. The highest BCUT2D eigenvalue weighted by atomic mass is 16.5. The SMILES string of the molecule is COc1cc(C2=C(c3cn(CCCN)c4ccccc34)C(=O)NC2=O)cc(OC)c1OC. The Morgan fingerprint density at radius 3 is 2.22 bits per heavy atom. The van der Waals surface area contributed by atoms with Crippen molar-refractivity contribution in [1.29, 1.82) is 0 Å². The fourth-order valence-electron chi connectivity index (χ4n) is 4.11. The van der Waals surface area contributed by atoms with Crippen LogP contribution in [0.15, 0.2) is 42.6 Å². The smallest absolute Gasteiger partial charge is 0.259 e. The van der Waals surface area contributed by atoms with Crippen LogP contribution in [0.2, 0.25) is 0 Å². The number of nitrogens with zero attached hydrogens (tertiary/aromatic N) is 1. The molecule has 0 spiro atoms. The van der Waals surface area contributed by atoms with Crippen LogP contribution in [0.1, 0.15) is 17.5 Å². The van der Waals surface area contributed by atoms with Crippen molar-refractivity contribution in [3.05, 3.63) is 53.7 Å². The van der Waals surface area contributed by atoms with E-state index in [0.717, 1.165) is 17.3 Å². The standard InChI is InChI=1S/C24H25N3O5/c1-30-18-11-14(12-19(31-2)22(18)32-3)20-21(24(29)26-23(20)28)16-13-27(10-6-9-25)17-8-5-4-7-15(16)17/h4-5,7-8,11-13H,6,9-10,25H2,1-3H3,(H,26,28,29). The molecule has 0 radical (unpaired) electrons. The first-order valence-corrected chi connectivity index (χ1v) is 10.2. The van der Waals surface area contributed by atoms with Crippen molar-refractivity contribution >= 4 is 33.9 Å². The number of nitrogens with one attached hydrogen (secondary N) is 1. The van der Waals surface area contributed by atoms with Crippen LogP contribution in [0.5, 0.6) is 17.2 Å². The molecule has 0 atom stereocenters. The van der Waals surface area contributed by atoms with Gasteiger partial charge in [0, 0.05) is 29.2 Å². The average Bonchev–Trinajstić information content (AvgIpc) is 3.32. The number of imide groups is 1. The lowest BCUT2D eigenvalue weighted by Gasteiger charge is -2.14. The van der Waals surface area contributed by atoms with E-state index in [1.165, 1.54) is 21.3 Å². The number of para-hydroxylation sites is 1. The number of carbonyl (C=O) groups excluding carboxylic acids is 2. The lowest BCUT2D eigenvalue weighted by atomic mass is 9.95. The Labute approximate surface area is 185 Å². The Bertz CT molecular complexity index is 1220. The number of ether oxygens (including phenoxy) is 3. The maximum absolute atomic E-state index is 13.0. The third kappa shape index (κ3) is 3.48. The molecule has 0 saturated carbocycles. The quantitative estimate of drug-likeness (QED) is 0.527. The fraction of sp³-hybridized carbons (Fsp3) is 0.250. The fourth-order valence-corrected chi connectivity index (χ4v) is 4.11. The van der Waals surface area contributed by atoms with E-state index in [1.807, 2.05) is 30.5 Å². The minimum Gasteiger partial charge on any atom is -0.493 e. The maximum atomic E-state index is 13.0. The van der Waals surface area contributed by atoms with Crippen molar-refractivity contribution in [2.24, 2.45) is 5.73 Å². The number of hydrogen-bond donors (Lipinski definition) is 2. The zero-order chi connectivity index (χ0) is 22.8. The Morgan fingerprint density at radius 1 is 0.938 bits per heavy atom. The maximum Gasteiger partial charge on any atom is 0.259 e. The van der Waals surface area contributed by atoms with Crippen molar-refractivity contribution < 1.29 is 23.8 Å². The number of rotatable bonds is 8. The number of aromatic nitrogens is 1. The second kappa shape index (κ2) is 8.76. The summed E-state index contributed by atoms with van der Waals surface area (Å²) in [5.74, 6) is 0.278. The van der Waals surface area contributed by atoms with E-state index in [1.54, 1.807) is 12.1 Å². The number of carbonyl (C=O) groups is 2. The molecule has 3 N–H and O–H groups in total. The van der Waals surface area contributed by atoms with Crippen molar-refractivity contribution in [2.45, 2.75) is 13.0 Å². The summed E-state index contributed by atoms with van der Waals surface area (Å²) in [6.45, 7) is 1.26. The van der Waals surface area contributed by atoms with Crippen LogP contribution in [-0.4, -0.2) is 44.3 Å². The van der Waals surface area contributed by atoms with Crippen LogP contribution < -0.4 is 25.3 Å². The second-order valence-electron chi connectivity index (χ2n) is 7.34. The first-order chi connectivity index (χ1) is 15.5. The van der Waals surface area contributed by atoms with Crippen molar-refractivity contribution in [3.8, 4) is 17.2 Å². The monoisotopic (exact) mass is 435 g/mol. The molecule has 1 aliphatic heterocycles. The number of amides is 2. The van der Waals surface area contributed by atoms with Gasteiger partial charge in [0.05, 0.1) is 32.5 Å². The summed E-state index contributed by atoms with van der Waals surface area (Å²) in [5.41, 5.74) is 8.43. The van der Waals surface area contributed by atoms with Gasteiger partial charge in [-0.25, -0.2) is 0 Å². The molecule has 8 nitrogen and oxygen atoms in total. The van der Waals surface area contributed by atoms with E-state index >= 15 is 0 Å². The van der Waals surface area contributed by atoms with Gasteiger partial charge < -0.3 is 24.5 Å². The zero-order valence-corrected chi connectivity index (χ0v) is 18.2. The molecule has 2 aromatic carbocycles. The first kappa shape index (κ1) is 21.5. The highest BCUT2D eigenvalue weighted by molar-refractivity contribution is 6.50. The Hall–Kier alpha value is -3.78. The molecule has 2 heterocycles. The summed E-state index contributed by atoms with van der Waals surface area (Å²) >= 11 is 0. The summed E-state index contributed by atoms with van der Waals surface area (Å²) in [4.78, 5) is 25.9. The molecule has 0 unspecified atom stereocenters. The molecule has 0 fully saturated rings. The summed E-state index contributed by atoms with van der Waals surface area (Å²) in [6.07, 6.45) is 2.70. The van der Waals surface area contributed by atoms with Gasteiger partial charge in [0.2, 0.25) is 5.75 Å². The first-order valence-electron chi connectivity index (χ1n) is 10.2. The summed E-state index contributed by atoms with van der Waals surface area (Å²) < 4.78 is 18.3. The van der Waals surface area contributed by atoms with Gasteiger partial charge >= 0.3 is 0 Å². The molecular weight excluding hydrogens is 410 g/mol. The van der Waals surface area contributed by atoms with Gasteiger partial charge in [-0.2, -0.15) is 0 Å². The minimum atomic E-state index is -0.474. The van der Waals surface area contributed by atoms with Gasteiger partial charge in [0.1, 0.15) is 0 Å². The van der Waals surface area contributed by atoms with E-state index in [0.29, 0.717) is 47.0 Å². The number of hydrogen-bond acceptors (Lipinski definition) is 6. The van der Waals surface area contributed by atoms with Gasteiger partial charge in [-0.3, -0.25) is 14.9 Å². The van der Waals surface area contributed by atoms with E-state index in [-0.39, 0.29) is 5.57 Å². The average molecular weight is 435 g/mol. The molecule has 4 rings (SSSR count). The predicted molar refractivity (Wildman–Crippen MR) is 122 cm³/mol. The van der Waals surface area contributed by atoms with Gasteiger partial charge in [-0.05, 0) is 36.7 Å². The molecule has 0 bridgehead atoms. The Morgan fingerprint density at radius 2 is 1.59 bits per heavy atom. The van der Waals surface area contributed by atoms with E-state index in [4.69, 9.17) is 19.9 Å². The summed E-state index contributed by atoms with van der Waals surface area (Å²) in [6, 6.07) is 11.1. The molecule has 1 aromatic heterocycles. The largest absolute Gasteiger partial charge is 0.493 e. The van der Waals surface area contributed by atoms with Crippen LogP contribution in [-0.2, 0) is 16.1 Å². The molecule has 3 aromatic rings. The molecule has 166 valence electrons. The normalized spacial score (nSPS) is 13.6. The minimum absolute atomic E-state index is 0.260. The lowest BCUT2D eigenvalue weighted by molar-refractivity contribution is -0.122.